The van der Waals surface area contributed by atoms with E-state index in [2.05, 4.69) is 0 Å². The van der Waals surface area contributed by atoms with E-state index >= 15 is 0 Å². The molecule has 0 saturated carbocycles. The van der Waals surface area contributed by atoms with Crippen LogP contribution < -0.4 is 4.74 Å². The van der Waals surface area contributed by atoms with Crippen molar-refractivity contribution in [3.8, 4) is 11.5 Å². The minimum atomic E-state index is -0.496. The molecule has 0 bridgehead atoms. The van der Waals surface area contributed by atoms with Gasteiger partial charge in [-0.05, 0) is 19.1 Å². The second-order valence-electron chi connectivity index (χ2n) is 2.39. The number of benzene rings is 1. The maximum Gasteiger partial charge on any atom is 0.335 e. The van der Waals surface area contributed by atoms with Gasteiger partial charge in [0.15, 0.2) is 11.5 Å². The van der Waals surface area contributed by atoms with Gasteiger partial charge in [0.1, 0.15) is 0 Å². The lowest BCUT2D eigenvalue weighted by Gasteiger charge is -2.02. The first kappa shape index (κ1) is 9.32. The van der Waals surface area contributed by atoms with Gasteiger partial charge in [0, 0.05) is 6.08 Å². The van der Waals surface area contributed by atoms with E-state index in [1.54, 1.807) is 25.1 Å². The Kier molecular flexibility index (Phi) is 3.09. The molecule has 0 unspecified atom stereocenters. The van der Waals surface area contributed by atoms with Crippen molar-refractivity contribution in [3.63, 3.8) is 0 Å². The zero-order valence-corrected chi connectivity index (χ0v) is 7.23. The van der Waals surface area contributed by atoms with Crippen molar-refractivity contribution in [2.45, 2.75) is 6.92 Å². The lowest BCUT2D eigenvalue weighted by atomic mass is 10.3. The predicted molar refractivity (Wildman–Crippen MR) is 48.6 cm³/mol. The summed E-state index contributed by atoms with van der Waals surface area (Å²) in [5, 5.41) is 9.23. The van der Waals surface area contributed by atoms with E-state index in [1.807, 2.05) is 0 Å². The van der Waals surface area contributed by atoms with Crippen LogP contribution in [-0.4, -0.2) is 11.1 Å². The van der Waals surface area contributed by atoms with E-state index in [-0.39, 0.29) is 11.5 Å². The van der Waals surface area contributed by atoms with E-state index in [0.29, 0.717) is 0 Å². The number of esters is 1. The SMILES string of the molecule is CC=CC(=O)Oc1ccccc1O. The van der Waals surface area contributed by atoms with Gasteiger partial charge in [0.25, 0.3) is 0 Å². The molecule has 0 aromatic heterocycles. The fourth-order valence-electron chi connectivity index (χ4n) is 0.822. The van der Waals surface area contributed by atoms with Crippen molar-refractivity contribution in [1.82, 2.24) is 0 Å². The van der Waals surface area contributed by atoms with Gasteiger partial charge in [-0.25, -0.2) is 4.79 Å². The molecule has 1 aromatic carbocycles. The molecule has 0 aliphatic carbocycles. The number of phenolic OH excluding ortho intramolecular Hbond substituents is 1. The van der Waals surface area contributed by atoms with Gasteiger partial charge in [-0.3, -0.25) is 0 Å². The van der Waals surface area contributed by atoms with Crippen LogP contribution in [0.3, 0.4) is 0 Å². The van der Waals surface area contributed by atoms with Crippen molar-refractivity contribution in [3.05, 3.63) is 36.4 Å². The summed E-state index contributed by atoms with van der Waals surface area (Å²) in [7, 11) is 0. The quantitative estimate of drug-likeness (QED) is 0.427. The Bertz CT molecular complexity index is 329. The Morgan fingerprint density at radius 3 is 2.77 bits per heavy atom. The normalized spacial score (nSPS) is 10.2. The highest BCUT2D eigenvalue weighted by molar-refractivity contribution is 5.84. The van der Waals surface area contributed by atoms with Crippen molar-refractivity contribution >= 4 is 5.97 Å². The minimum absolute atomic E-state index is 0.0413. The average Bonchev–Trinajstić information content (AvgIpc) is 2.09. The first-order chi connectivity index (χ1) is 6.24. The smallest absolute Gasteiger partial charge is 0.335 e. The topological polar surface area (TPSA) is 46.5 Å². The number of para-hydroxylation sites is 2. The zero-order valence-electron chi connectivity index (χ0n) is 7.23. The van der Waals surface area contributed by atoms with Crippen LogP contribution in [0.25, 0.3) is 0 Å². The highest BCUT2D eigenvalue weighted by atomic mass is 16.5. The zero-order chi connectivity index (χ0) is 9.68. The van der Waals surface area contributed by atoms with Crippen LogP contribution in [0, 0.1) is 0 Å². The lowest BCUT2D eigenvalue weighted by molar-refractivity contribution is -0.129. The Morgan fingerprint density at radius 2 is 2.15 bits per heavy atom. The highest BCUT2D eigenvalue weighted by Crippen LogP contribution is 2.24. The van der Waals surface area contributed by atoms with Gasteiger partial charge in [-0.2, -0.15) is 0 Å². The number of hydrogen-bond donors (Lipinski definition) is 1. The molecule has 0 spiro atoms. The largest absolute Gasteiger partial charge is 0.504 e. The molecule has 0 aliphatic rings. The standard InChI is InChI=1S/C10H10O3/c1-2-5-10(12)13-9-7-4-3-6-8(9)11/h2-7,11H,1H3. The molecule has 0 saturated heterocycles. The van der Waals surface area contributed by atoms with Crippen molar-refractivity contribution in [2.75, 3.05) is 0 Å². The number of aromatic hydroxyl groups is 1. The summed E-state index contributed by atoms with van der Waals surface area (Å²) in [6.45, 7) is 1.71. The third kappa shape index (κ3) is 2.63. The molecular formula is C10H10O3. The molecule has 0 atom stereocenters. The Balaban J connectivity index is 2.74. The number of ether oxygens (including phenoxy) is 1. The van der Waals surface area contributed by atoms with E-state index in [1.165, 1.54) is 18.2 Å². The van der Waals surface area contributed by atoms with Gasteiger partial charge in [-0.1, -0.05) is 18.2 Å². The molecule has 3 heteroatoms. The second-order valence-corrected chi connectivity index (χ2v) is 2.39. The molecule has 1 N–H and O–H groups in total. The van der Waals surface area contributed by atoms with Crippen molar-refractivity contribution in [2.24, 2.45) is 0 Å². The van der Waals surface area contributed by atoms with E-state index < -0.39 is 5.97 Å². The fourth-order valence-corrected chi connectivity index (χ4v) is 0.822. The van der Waals surface area contributed by atoms with E-state index in [4.69, 9.17) is 4.74 Å². The van der Waals surface area contributed by atoms with Crippen LogP contribution in [0.4, 0.5) is 0 Å². The minimum Gasteiger partial charge on any atom is -0.504 e. The Morgan fingerprint density at radius 1 is 1.46 bits per heavy atom. The van der Waals surface area contributed by atoms with E-state index in [0.717, 1.165) is 0 Å². The molecule has 0 radical (unpaired) electrons. The number of carbonyl (C=O) groups is 1. The van der Waals surface area contributed by atoms with Gasteiger partial charge >= 0.3 is 5.97 Å². The van der Waals surface area contributed by atoms with Gasteiger partial charge in [-0.15, -0.1) is 0 Å². The maximum absolute atomic E-state index is 10.9. The third-order valence-electron chi connectivity index (χ3n) is 1.38. The molecule has 13 heavy (non-hydrogen) atoms. The summed E-state index contributed by atoms with van der Waals surface area (Å²) in [5.41, 5.74) is 0. The lowest BCUT2D eigenvalue weighted by Crippen LogP contribution is -2.03. The Labute approximate surface area is 76.3 Å². The summed E-state index contributed by atoms with van der Waals surface area (Å²) in [6.07, 6.45) is 2.86. The number of allylic oxidation sites excluding steroid dienone is 1. The summed E-state index contributed by atoms with van der Waals surface area (Å²) in [6, 6.07) is 6.31. The molecule has 0 amide bonds. The summed E-state index contributed by atoms with van der Waals surface area (Å²) in [5.74, 6) is -0.366. The van der Waals surface area contributed by atoms with Crippen LogP contribution in [0.1, 0.15) is 6.92 Å². The van der Waals surface area contributed by atoms with Crippen LogP contribution in [0.5, 0.6) is 11.5 Å². The van der Waals surface area contributed by atoms with Gasteiger partial charge < -0.3 is 9.84 Å². The van der Waals surface area contributed by atoms with Crippen LogP contribution in [-0.2, 0) is 4.79 Å². The van der Waals surface area contributed by atoms with Crippen LogP contribution in [0.15, 0.2) is 36.4 Å². The van der Waals surface area contributed by atoms with Crippen LogP contribution in [0.2, 0.25) is 0 Å². The van der Waals surface area contributed by atoms with E-state index in [9.17, 15) is 9.90 Å². The second kappa shape index (κ2) is 4.30. The first-order valence-electron chi connectivity index (χ1n) is 3.86. The monoisotopic (exact) mass is 178 g/mol. The fraction of sp³-hybridized carbons (Fsp3) is 0.100. The third-order valence-corrected chi connectivity index (χ3v) is 1.38. The molecular weight excluding hydrogens is 168 g/mol. The number of carbonyl (C=O) groups excluding carboxylic acids is 1. The molecule has 0 aliphatic heterocycles. The molecule has 68 valence electrons. The number of phenols is 1. The predicted octanol–water partition coefficient (Wildman–Crippen LogP) is 1.87. The van der Waals surface area contributed by atoms with Gasteiger partial charge in [0.05, 0.1) is 0 Å². The van der Waals surface area contributed by atoms with Crippen molar-refractivity contribution < 1.29 is 14.6 Å². The van der Waals surface area contributed by atoms with Crippen molar-refractivity contribution in [1.29, 1.82) is 0 Å². The molecule has 0 heterocycles. The summed E-state index contributed by atoms with van der Waals surface area (Å²) >= 11 is 0. The first-order valence-corrected chi connectivity index (χ1v) is 3.86. The molecule has 1 rings (SSSR count). The number of rotatable bonds is 2. The highest BCUT2D eigenvalue weighted by Gasteiger charge is 2.03. The summed E-state index contributed by atoms with van der Waals surface area (Å²) < 4.78 is 4.81. The average molecular weight is 178 g/mol. The maximum atomic E-state index is 10.9. The molecule has 1 aromatic rings. The molecule has 0 fully saturated rings. The van der Waals surface area contributed by atoms with Crippen LogP contribution >= 0.6 is 0 Å². The van der Waals surface area contributed by atoms with Gasteiger partial charge in [0.2, 0.25) is 0 Å². The number of hydrogen-bond acceptors (Lipinski definition) is 3. The summed E-state index contributed by atoms with van der Waals surface area (Å²) in [4.78, 5) is 10.9. The Hall–Kier alpha value is -1.77. The molecule has 3 nitrogen and oxygen atoms in total.